The number of hydrogen-bond acceptors (Lipinski definition) is 2. The van der Waals surface area contributed by atoms with Gasteiger partial charge in [0.25, 0.3) is 0 Å². The van der Waals surface area contributed by atoms with E-state index in [1.807, 2.05) is 0 Å². The second kappa shape index (κ2) is 4.73. The maximum absolute atomic E-state index is 5.41. The molecule has 2 unspecified atom stereocenters. The highest BCUT2D eigenvalue weighted by Crippen LogP contribution is 2.24. The number of nitrogens with two attached hydrogens (primary N) is 1. The Kier molecular flexibility index (Phi) is 3.87. The molecule has 0 amide bonds. The first-order valence-electron chi connectivity index (χ1n) is 4.83. The summed E-state index contributed by atoms with van der Waals surface area (Å²) in [6.45, 7) is 2.29. The molecule has 0 aliphatic heterocycles. The second-order valence-corrected chi connectivity index (χ2v) is 3.65. The Morgan fingerprint density at radius 1 is 1.27 bits per heavy atom. The topological polar surface area (TPSA) is 38.0 Å². The Labute approximate surface area is 69.5 Å². The Balaban J connectivity index is 2.27. The normalized spacial score (nSPS) is 33.3. The summed E-state index contributed by atoms with van der Waals surface area (Å²) in [7, 11) is 0. The van der Waals surface area contributed by atoms with E-state index in [9.17, 15) is 0 Å². The van der Waals surface area contributed by atoms with Crippen molar-refractivity contribution in [2.24, 2.45) is 11.8 Å². The highest BCUT2D eigenvalue weighted by atomic mass is 15.2. The SMILES string of the molecule is CCC1CCCC(NN)CC1. The highest BCUT2D eigenvalue weighted by Gasteiger charge is 2.15. The van der Waals surface area contributed by atoms with Gasteiger partial charge in [-0.1, -0.05) is 26.2 Å². The van der Waals surface area contributed by atoms with Gasteiger partial charge in [0.15, 0.2) is 0 Å². The van der Waals surface area contributed by atoms with Crippen molar-refractivity contribution in [2.45, 2.75) is 51.5 Å². The van der Waals surface area contributed by atoms with E-state index in [0.29, 0.717) is 6.04 Å². The first-order chi connectivity index (χ1) is 5.36. The molecular weight excluding hydrogens is 136 g/mol. The molecule has 0 heterocycles. The van der Waals surface area contributed by atoms with E-state index in [4.69, 9.17) is 5.84 Å². The monoisotopic (exact) mass is 156 g/mol. The average molecular weight is 156 g/mol. The van der Waals surface area contributed by atoms with Gasteiger partial charge in [-0.3, -0.25) is 11.3 Å². The van der Waals surface area contributed by atoms with Crippen molar-refractivity contribution >= 4 is 0 Å². The Morgan fingerprint density at radius 2 is 2.09 bits per heavy atom. The molecule has 0 aromatic carbocycles. The van der Waals surface area contributed by atoms with E-state index in [-0.39, 0.29) is 0 Å². The molecule has 1 aliphatic carbocycles. The number of hydrazine groups is 1. The van der Waals surface area contributed by atoms with E-state index >= 15 is 0 Å². The average Bonchev–Trinajstić information content (AvgIpc) is 2.28. The van der Waals surface area contributed by atoms with Gasteiger partial charge in [0.2, 0.25) is 0 Å². The largest absolute Gasteiger partial charge is 0.271 e. The van der Waals surface area contributed by atoms with Crippen LogP contribution in [0.25, 0.3) is 0 Å². The molecular formula is C9H20N2. The lowest BCUT2D eigenvalue weighted by atomic mass is 9.98. The van der Waals surface area contributed by atoms with Crippen molar-refractivity contribution in [1.29, 1.82) is 0 Å². The summed E-state index contributed by atoms with van der Waals surface area (Å²) in [6.07, 6.45) is 8.02. The van der Waals surface area contributed by atoms with Gasteiger partial charge in [-0.05, 0) is 25.2 Å². The summed E-state index contributed by atoms with van der Waals surface area (Å²) in [5.41, 5.74) is 2.89. The molecule has 2 atom stereocenters. The summed E-state index contributed by atoms with van der Waals surface area (Å²) in [6, 6.07) is 0.589. The molecule has 1 aliphatic rings. The van der Waals surface area contributed by atoms with Crippen LogP contribution in [0.2, 0.25) is 0 Å². The summed E-state index contributed by atoms with van der Waals surface area (Å²) in [5, 5.41) is 0. The van der Waals surface area contributed by atoms with Gasteiger partial charge in [0.05, 0.1) is 0 Å². The number of hydrogen-bond donors (Lipinski definition) is 2. The van der Waals surface area contributed by atoms with E-state index in [1.165, 1.54) is 38.5 Å². The fraction of sp³-hybridized carbons (Fsp3) is 1.00. The zero-order valence-electron chi connectivity index (χ0n) is 7.47. The van der Waals surface area contributed by atoms with Crippen LogP contribution in [0.1, 0.15) is 45.4 Å². The minimum absolute atomic E-state index is 0.589. The van der Waals surface area contributed by atoms with Crippen LogP contribution in [0.5, 0.6) is 0 Å². The quantitative estimate of drug-likeness (QED) is 0.363. The zero-order chi connectivity index (χ0) is 8.10. The molecule has 0 spiro atoms. The predicted octanol–water partition coefficient (Wildman–Crippen LogP) is 1.81. The highest BCUT2D eigenvalue weighted by molar-refractivity contribution is 4.72. The van der Waals surface area contributed by atoms with Gasteiger partial charge >= 0.3 is 0 Å². The first kappa shape index (κ1) is 9.01. The predicted molar refractivity (Wildman–Crippen MR) is 48.0 cm³/mol. The van der Waals surface area contributed by atoms with Crippen LogP contribution < -0.4 is 11.3 Å². The fourth-order valence-corrected chi connectivity index (χ4v) is 1.95. The first-order valence-corrected chi connectivity index (χ1v) is 4.83. The number of nitrogens with one attached hydrogen (secondary N) is 1. The van der Waals surface area contributed by atoms with Crippen molar-refractivity contribution in [2.75, 3.05) is 0 Å². The van der Waals surface area contributed by atoms with Crippen LogP contribution in [-0.2, 0) is 0 Å². The third kappa shape index (κ3) is 2.80. The molecule has 2 nitrogen and oxygen atoms in total. The van der Waals surface area contributed by atoms with Crippen molar-refractivity contribution < 1.29 is 0 Å². The van der Waals surface area contributed by atoms with Crippen molar-refractivity contribution in [3.05, 3.63) is 0 Å². The molecule has 1 saturated carbocycles. The molecule has 0 aromatic rings. The van der Waals surface area contributed by atoms with Crippen LogP contribution in [0, 0.1) is 5.92 Å². The molecule has 2 heteroatoms. The molecule has 1 fully saturated rings. The van der Waals surface area contributed by atoms with Gasteiger partial charge in [-0.15, -0.1) is 0 Å². The van der Waals surface area contributed by atoms with Crippen LogP contribution in [0.4, 0.5) is 0 Å². The summed E-state index contributed by atoms with van der Waals surface area (Å²) >= 11 is 0. The van der Waals surface area contributed by atoms with E-state index in [1.54, 1.807) is 0 Å². The van der Waals surface area contributed by atoms with E-state index in [2.05, 4.69) is 12.3 Å². The van der Waals surface area contributed by atoms with E-state index < -0.39 is 0 Å². The van der Waals surface area contributed by atoms with Crippen LogP contribution in [0.15, 0.2) is 0 Å². The second-order valence-electron chi connectivity index (χ2n) is 3.65. The third-order valence-corrected chi connectivity index (χ3v) is 2.90. The Bertz CT molecular complexity index is 91.7. The molecule has 11 heavy (non-hydrogen) atoms. The maximum atomic E-state index is 5.41. The molecule has 66 valence electrons. The molecule has 0 bridgehead atoms. The lowest BCUT2D eigenvalue weighted by molar-refractivity contribution is 0.429. The van der Waals surface area contributed by atoms with Gasteiger partial charge in [0, 0.05) is 6.04 Å². The van der Waals surface area contributed by atoms with E-state index in [0.717, 1.165) is 5.92 Å². The van der Waals surface area contributed by atoms with Gasteiger partial charge in [0.1, 0.15) is 0 Å². The minimum Gasteiger partial charge on any atom is -0.271 e. The fourth-order valence-electron chi connectivity index (χ4n) is 1.95. The Hall–Kier alpha value is -0.0800. The lowest BCUT2D eigenvalue weighted by Crippen LogP contribution is -2.34. The molecule has 3 N–H and O–H groups in total. The van der Waals surface area contributed by atoms with Gasteiger partial charge < -0.3 is 0 Å². The summed E-state index contributed by atoms with van der Waals surface area (Å²) < 4.78 is 0. The standard InChI is InChI=1S/C9H20N2/c1-2-8-4-3-5-9(11-10)7-6-8/h8-9,11H,2-7,10H2,1H3. The van der Waals surface area contributed by atoms with Crippen molar-refractivity contribution in [3.8, 4) is 0 Å². The van der Waals surface area contributed by atoms with Crippen LogP contribution in [0.3, 0.4) is 0 Å². The summed E-state index contributed by atoms with van der Waals surface area (Å²) in [4.78, 5) is 0. The van der Waals surface area contributed by atoms with Gasteiger partial charge in [-0.2, -0.15) is 0 Å². The van der Waals surface area contributed by atoms with Crippen molar-refractivity contribution in [3.63, 3.8) is 0 Å². The van der Waals surface area contributed by atoms with Gasteiger partial charge in [-0.25, -0.2) is 0 Å². The van der Waals surface area contributed by atoms with Crippen LogP contribution >= 0.6 is 0 Å². The van der Waals surface area contributed by atoms with Crippen molar-refractivity contribution in [1.82, 2.24) is 5.43 Å². The molecule has 0 aromatic heterocycles. The van der Waals surface area contributed by atoms with Crippen LogP contribution in [-0.4, -0.2) is 6.04 Å². The third-order valence-electron chi connectivity index (χ3n) is 2.90. The lowest BCUT2D eigenvalue weighted by Gasteiger charge is -2.12. The minimum atomic E-state index is 0.589. The Morgan fingerprint density at radius 3 is 2.73 bits per heavy atom. The molecule has 1 rings (SSSR count). The maximum Gasteiger partial charge on any atom is 0.0210 e. The zero-order valence-corrected chi connectivity index (χ0v) is 7.47. The molecule has 0 radical (unpaired) electrons. The molecule has 0 saturated heterocycles. The number of rotatable bonds is 2. The summed E-state index contributed by atoms with van der Waals surface area (Å²) in [5.74, 6) is 6.38. The smallest absolute Gasteiger partial charge is 0.0210 e.